The van der Waals surface area contributed by atoms with Crippen molar-refractivity contribution in [1.82, 2.24) is 0 Å². The zero-order valence-corrected chi connectivity index (χ0v) is 15.6. The summed E-state index contributed by atoms with van der Waals surface area (Å²) in [5, 5.41) is 10.6. The number of aliphatic imine (C=N–C) groups is 1. The molecule has 0 unspecified atom stereocenters. The second-order valence-corrected chi connectivity index (χ2v) is 7.04. The van der Waals surface area contributed by atoms with Gasteiger partial charge in [0.1, 0.15) is 5.02 Å². The van der Waals surface area contributed by atoms with E-state index >= 15 is 0 Å². The first-order chi connectivity index (χ1) is 11.8. The van der Waals surface area contributed by atoms with Crippen LogP contribution in [0.3, 0.4) is 0 Å². The van der Waals surface area contributed by atoms with Crippen molar-refractivity contribution in [1.29, 1.82) is 0 Å². The Morgan fingerprint density at radius 2 is 1.92 bits per heavy atom. The number of nitrogens with zero attached hydrogens (tertiary/aromatic N) is 1. The predicted octanol–water partition coefficient (Wildman–Crippen LogP) is 4.87. The van der Waals surface area contributed by atoms with Gasteiger partial charge in [0.05, 0.1) is 28.6 Å². The third-order valence-electron chi connectivity index (χ3n) is 4.29. The summed E-state index contributed by atoms with van der Waals surface area (Å²) in [5.41, 5.74) is 1.20. The fraction of sp³-hybridized carbons (Fsp3) is 0.263. The minimum atomic E-state index is -0.566. The van der Waals surface area contributed by atoms with Crippen LogP contribution in [0.1, 0.15) is 31.9 Å². The Morgan fingerprint density at radius 1 is 1.24 bits per heavy atom. The van der Waals surface area contributed by atoms with Crippen LogP contribution in [0.25, 0.3) is 0 Å². The molecule has 4 nitrogen and oxygen atoms in total. The average Bonchev–Trinajstić information content (AvgIpc) is 2.79. The van der Waals surface area contributed by atoms with Gasteiger partial charge in [-0.15, -0.1) is 0 Å². The number of rotatable bonds is 3. The van der Waals surface area contributed by atoms with E-state index in [-0.39, 0.29) is 27.1 Å². The minimum Gasteiger partial charge on any atom is -0.505 e. The molecule has 0 aliphatic carbocycles. The van der Waals surface area contributed by atoms with Gasteiger partial charge >= 0.3 is 0 Å². The first kappa shape index (κ1) is 17.8. The van der Waals surface area contributed by atoms with Crippen molar-refractivity contribution in [2.24, 2.45) is 4.99 Å². The molecular weight excluding hydrogens is 361 g/mol. The van der Waals surface area contributed by atoms with E-state index in [9.17, 15) is 9.90 Å². The lowest BCUT2D eigenvalue weighted by Gasteiger charge is -2.22. The molecule has 6 heteroatoms. The lowest BCUT2D eigenvalue weighted by molar-refractivity contribution is 0.339. The topological polar surface area (TPSA) is 58.9 Å². The van der Waals surface area contributed by atoms with Crippen molar-refractivity contribution in [3.05, 3.63) is 61.7 Å². The summed E-state index contributed by atoms with van der Waals surface area (Å²) in [7, 11) is 0. The summed E-state index contributed by atoms with van der Waals surface area (Å²) in [6.07, 6.45) is 0. The number of fused-ring (bicyclic) bond motifs is 1. The molecule has 3 rings (SSSR count). The van der Waals surface area contributed by atoms with Crippen molar-refractivity contribution in [3.8, 4) is 11.5 Å². The average molecular weight is 378 g/mol. The van der Waals surface area contributed by atoms with E-state index in [1.807, 2.05) is 38.1 Å². The number of para-hydroxylation sites is 1. The summed E-state index contributed by atoms with van der Waals surface area (Å²) < 4.78 is 5.39. The summed E-state index contributed by atoms with van der Waals surface area (Å²) in [5.74, 6) is -0.290. The Bertz CT molecular complexity index is 952. The highest BCUT2D eigenvalue weighted by Crippen LogP contribution is 2.45. The van der Waals surface area contributed by atoms with Crippen molar-refractivity contribution in [3.63, 3.8) is 0 Å². The van der Waals surface area contributed by atoms with Gasteiger partial charge in [0, 0.05) is 11.5 Å². The second kappa shape index (κ2) is 6.36. The monoisotopic (exact) mass is 377 g/mol. The van der Waals surface area contributed by atoms with Crippen LogP contribution in [-0.2, 0) is 5.41 Å². The van der Waals surface area contributed by atoms with Crippen LogP contribution in [-0.4, -0.2) is 17.4 Å². The van der Waals surface area contributed by atoms with Gasteiger partial charge < -0.3 is 9.84 Å². The molecule has 0 saturated carbocycles. The molecule has 1 aliphatic heterocycles. The number of hydrogen-bond acceptors (Lipinski definition) is 4. The van der Waals surface area contributed by atoms with E-state index in [2.05, 4.69) is 4.99 Å². The third-order valence-corrected chi connectivity index (χ3v) is 4.92. The number of aromatic hydroxyl groups is 1. The Kier molecular flexibility index (Phi) is 4.52. The van der Waals surface area contributed by atoms with Gasteiger partial charge in [-0.05, 0) is 18.6 Å². The molecule has 2 aromatic rings. The summed E-state index contributed by atoms with van der Waals surface area (Å²) in [6, 6.07) is 8.82. The molecule has 0 fully saturated rings. The number of hydrogen-bond donors (Lipinski definition) is 1. The fourth-order valence-corrected chi connectivity index (χ4v) is 3.60. The van der Waals surface area contributed by atoms with E-state index in [1.165, 1.54) is 6.07 Å². The molecule has 0 radical (unpaired) electrons. The van der Waals surface area contributed by atoms with Crippen LogP contribution in [0.2, 0.25) is 10.0 Å². The highest BCUT2D eigenvalue weighted by atomic mass is 35.5. The normalized spacial score (nSPS) is 14.8. The maximum Gasteiger partial charge on any atom is 0.193 e. The Balaban J connectivity index is 2.32. The van der Waals surface area contributed by atoms with Crippen molar-refractivity contribution in [2.75, 3.05) is 6.61 Å². The van der Waals surface area contributed by atoms with Gasteiger partial charge in [-0.3, -0.25) is 9.79 Å². The molecular formula is C19H17Cl2NO3. The van der Waals surface area contributed by atoms with Crippen LogP contribution in [0.4, 0.5) is 5.69 Å². The van der Waals surface area contributed by atoms with Crippen molar-refractivity contribution in [2.45, 2.75) is 26.2 Å². The molecule has 0 amide bonds. The maximum atomic E-state index is 12.8. The number of ether oxygens (including phenoxy) is 1. The van der Waals surface area contributed by atoms with Gasteiger partial charge in [-0.1, -0.05) is 55.2 Å². The summed E-state index contributed by atoms with van der Waals surface area (Å²) in [6.45, 7) is 5.95. The largest absolute Gasteiger partial charge is 0.505 e. The highest BCUT2D eigenvalue weighted by molar-refractivity contribution is 6.38. The Labute approximate surface area is 155 Å². The smallest absolute Gasteiger partial charge is 0.193 e. The van der Waals surface area contributed by atoms with Gasteiger partial charge in [-0.25, -0.2) is 0 Å². The molecule has 0 aromatic heterocycles. The molecule has 25 heavy (non-hydrogen) atoms. The van der Waals surface area contributed by atoms with Gasteiger partial charge in [-0.2, -0.15) is 0 Å². The SMILES string of the molecule is CCOc1c(Cl)cc(=O)c(C2=Nc3ccccc3C2(C)C)c(O)c1Cl. The maximum absolute atomic E-state index is 12.8. The quantitative estimate of drug-likeness (QED) is 0.829. The van der Waals surface area contributed by atoms with Crippen molar-refractivity contribution < 1.29 is 9.84 Å². The molecule has 1 heterocycles. The summed E-state index contributed by atoms with van der Waals surface area (Å²) >= 11 is 12.4. The van der Waals surface area contributed by atoms with Crippen LogP contribution in [0.15, 0.2) is 40.1 Å². The number of benzene rings is 1. The predicted molar refractivity (Wildman–Crippen MR) is 101 cm³/mol. The second-order valence-electron chi connectivity index (χ2n) is 6.26. The standard InChI is InChI=1S/C19H17Cl2NO3/c1-4-25-17-11(20)9-13(23)14(16(24)15(17)21)18-19(2,3)10-7-5-6-8-12(10)22-18/h5-9,24H,4H2,1-3H3. The van der Waals surface area contributed by atoms with E-state index in [0.717, 1.165) is 11.3 Å². The van der Waals surface area contributed by atoms with Gasteiger partial charge in [0.2, 0.25) is 0 Å². The van der Waals surface area contributed by atoms with E-state index in [0.29, 0.717) is 12.3 Å². The molecule has 1 aliphatic rings. The summed E-state index contributed by atoms with van der Waals surface area (Å²) in [4.78, 5) is 17.3. The zero-order chi connectivity index (χ0) is 18.4. The fourth-order valence-electron chi connectivity index (χ4n) is 3.05. The molecule has 2 aromatic carbocycles. The zero-order valence-electron chi connectivity index (χ0n) is 14.1. The molecule has 130 valence electrons. The Hall–Kier alpha value is -2.04. The molecule has 0 saturated heterocycles. The van der Waals surface area contributed by atoms with Crippen LogP contribution < -0.4 is 10.2 Å². The van der Waals surface area contributed by atoms with Crippen LogP contribution in [0, 0.1) is 0 Å². The Morgan fingerprint density at radius 3 is 2.56 bits per heavy atom. The van der Waals surface area contributed by atoms with Crippen LogP contribution in [0.5, 0.6) is 11.5 Å². The molecule has 0 spiro atoms. The first-order valence-electron chi connectivity index (χ1n) is 7.86. The van der Waals surface area contributed by atoms with E-state index in [4.69, 9.17) is 27.9 Å². The van der Waals surface area contributed by atoms with E-state index in [1.54, 1.807) is 6.92 Å². The van der Waals surface area contributed by atoms with Crippen LogP contribution >= 0.6 is 23.2 Å². The molecule has 1 N–H and O–H groups in total. The minimum absolute atomic E-state index is 0.0408. The number of halogens is 2. The first-order valence-corrected chi connectivity index (χ1v) is 8.61. The van der Waals surface area contributed by atoms with Crippen molar-refractivity contribution >= 4 is 34.6 Å². The van der Waals surface area contributed by atoms with Gasteiger partial charge in [0.15, 0.2) is 16.9 Å². The lowest BCUT2D eigenvalue weighted by Crippen LogP contribution is -2.30. The highest BCUT2D eigenvalue weighted by Gasteiger charge is 2.38. The third kappa shape index (κ3) is 2.79. The lowest BCUT2D eigenvalue weighted by atomic mass is 9.79. The van der Waals surface area contributed by atoms with E-state index < -0.39 is 10.8 Å². The molecule has 0 atom stereocenters. The van der Waals surface area contributed by atoms with Gasteiger partial charge in [0.25, 0.3) is 0 Å². The molecule has 0 bridgehead atoms.